The topological polar surface area (TPSA) is 210 Å². The summed E-state index contributed by atoms with van der Waals surface area (Å²) in [6.07, 6.45) is -1.38. The lowest BCUT2D eigenvalue weighted by Gasteiger charge is -2.42. The van der Waals surface area contributed by atoms with Crippen molar-refractivity contribution in [2.45, 2.75) is 44.1 Å². The third-order valence-electron chi connectivity index (χ3n) is 8.02. The lowest BCUT2D eigenvalue weighted by molar-refractivity contribution is -0.385. The van der Waals surface area contributed by atoms with E-state index in [4.69, 9.17) is 0 Å². The van der Waals surface area contributed by atoms with Gasteiger partial charge in [0.2, 0.25) is 23.6 Å². The molecule has 214 valence electrons. The summed E-state index contributed by atoms with van der Waals surface area (Å²) in [6, 6.07) is 6.64. The van der Waals surface area contributed by atoms with Crippen LogP contribution in [0.5, 0.6) is 0 Å². The number of carbonyl (C=O) groups excluding carboxylic acids is 6. The van der Waals surface area contributed by atoms with Gasteiger partial charge in [0, 0.05) is 25.0 Å². The number of benzene rings is 2. The maximum absolute atomic E-state index is 13.8. The van der Waals surface area contributed by atoms with Gasteiger partial charge in [-0.3, -0.25) is 53.9 Å². The number of carbonyl (C=O) groups is 6. The van der Waals surface area contributed by atoms with Crippen molar-refractivity contribution in [1.82, 2.24) is 10.0 Å². The molecule has 6 rings (SSSR count). The summed E-state index contributed by atoms with van der Waals surface area (Å²) in [5.74, 6) is -7.94. The zero-order valence-corrected chi connectivity index (χ0v) is 21.6. The van der Waals surface area contributed by atoms with Crippen molar-refractivity contribution < 1.29 is 38.6 Å². The van der Waals surface area contributed by atoms with Crippen LogP contribution in [0.3, 0.4) is 0 Å². The fourth-order valence-electron chi connectivity index (χ4n) is 6.24. The standard InChI is InChI=1S/C26H20N6O10/c33-19-9-7-12(22-23-14(27-24(22)36)3-1-6-17(23)32(41)42)25(37)29(19)30-20(34)10-8-18(26(30)38)28-15-4-2-5-16(31(39)40)13(15)11-21(28)35/h1-6,12,18,22H,7-11H2,(H,27,36). The van der Waals surface area contributed by atoms with Gasteiger partial charge in [-0.2, -0.15) is 10.0 Å². The van der Waals surface area contributed by atoms with Gasteiger partial charge < -0.3 is 5.32 Å². The van der Waals surface area contributed by atoms with E-state index in [0.29, 0.717) is 10.0 Å². The Kier molecular flexibility index (Phi) is 6.05. The Hall–Kier alpha value is -5.54. The number of anilines is 2. The highest BCUT2D eigenvalue weighted by Gasteiger charge is 2.54. The monoisotopic (exact) mass is 576 g/mol. The van der Waals surface area contributed by atoms with Crippen LogP contribution in [-0.2, 0) is 35.2 Å². The largest absolute Gasteiger partial charge is 0.325 e. The zero-order valence-electron chi connectivity index (χ0n) is 21.6. The summed E-state index contributed by atoms with van der Waals surface area (Å²) in [5, 5.41) is 26.5. The van der Waals surface area contributed by atoms with Crippen LogP contribution >= 0.6 is 0 Å². The minimum Gasteiger partial charge on any atom is -0.325 e. The number of imide groups is 2. The lowest BCUT2D eigenvalue weighted by atomic mass is 9.80. The smallest absolute Gasteiger partial charge is 0.275 e. The van der Waals surface area contributed by atoms with Gasteiger partial charge in [0.25, 0.3) is 23.2 Å². The van der Waals surface area contributed by atoms with E-state index in [1.807, 2.05) is 0 Å². The highest BCUT2D eigenvalue weighted by Crippen LogP contribution is 2.46. The Labute approximate surface area is 235 Å². The van der Waals surface area contributed by atoms with Gasteiger partial charge in [-0.1, -0.05) is 12.1 Å². The van der Waals surface area contributed by atoms with Crippen molar-refractivity contribution >= 4 is 58.2 Å². The van der Waals surface area contributed by atoms with E-state index < -0.39 is 68.9 Å². The summed E-state index contributed by atoms with van der Waals surface area (Å²) >= 11 is 0. The van der Waals surface area contributed by atoms with Gasteiger partial charge in [-0.25, -0.2) is 0 Å². The first-order chi connectivity index (χ1) is 20.0. The predicted molar refractivity (Wildman–Crippen MR) is 138 cm³/mol. The first kappa shape index (κ1) is 26.7. The molecule has 0 aliphatic carbocycles. The fraction of sp³-hybridized carbons (Fsp3) is 0.308. The first-order valence-corrected chi connectivity index (χ1v) is 12.9. The average molecular weight is 576 g/mol. The van der Waals surface area contributed by atoms with Gasteiger partial charge in [0.05, 0.1) is 50.6 Å². The minimum absolute atomic E-state index is 0.0322. The molecule has 3 unspecified atom stereocenters. The molecule has 2 aromatic rings. The van der Waals surface area contributed by atoms with Crippen LogP contribution in [0.25, 0.3) is 0 Å². The molecule has 0 bridgehead atoms. The average Bonchev–Trinajstić information content (AvgIpc) is 3.45. The third-order valence-corrected chi connectivity index (χ3v) is 8.02. The second-order valence-electron chi connectivity index (χ2n) is 10.2. The van der Waals surface area contributed by atoms with E-state index in [2.05, 4.69) is 5.32 Å². The number of hydrogen-bond acceptors (Lipinski definition) is 10. The number of nitro benzene ring substituents is 2. The number of hydrogen-bond donors (Lipinski definition) is 1. The Morgan fingerprint density at radius 1 is 0.762 bits per heavy atom. The number of nitro groups is 2. The quantitative estimate of drug-likeness (QED) is 0.306. The first-order valence-electron chi connectivity index (χ1n) is 12.9. The highest BCUT2D eigenvalue weighted by atomic mass is 16.6. The molecule has 0 saturated carbocycles. The summed E-state index contributed by atoms with van der Waals surface area (Å²) in [5.41, 5.74) is -0.397. The molecule has 42 heavy (non-hydrogen) atoms. The maximum Gasteiger partial charge on any atom is 0.275 e. The van der Waals surface area contributed by atoms with Crippen LogP contribution in [0.15, 0.2) is 36.4 Å². The molecule has 16 nitrogen and oxygen atoms in total. The van der Waals surface area contributed by atoms with Crippen LogP contribution in [-0.4, -0.2) is 61.3 Å². The molecule has 0 aromatic heterocycles. The van der Waals surface area contributed by atoms with Gasteiger partial charge >= 0.3 is 0 Å². The zero-order chi connectivity index (χ0) is 30.0. The summed E-state index contributed by atoms with van der Waals surface area (Å²) in [6.45, 7) is 0. The van der Waals surface area contributed by atoms with E-state index in [1.54, 1.807) is 0 Å². The molecule has 2 saturated heterocycles. The Morgan fingerprint density at radius 3 is 2.07 bits per heavy atom. The van der Waals surface area contributed by atoms with E-state index in [9.17, 15) is 49.0 Å². The predicted octanol–water partition coefficient (Wildman–Crippen LogP) is 1.33. The van der Waals surface area contributed by atoms with Gasteiger partial charge in [-0.05, 0) is 25.0 Å². The SMILES string of the molecule is O=C1Nc2cccc([N+](=O)[O-])c2C1C1CCC(=O)N(N2C(=O)CCC(N3C(=O)Cc4c3cccc4[N+](=O)[O-])C2=O)C1=O. The summed E-state index contributed by atoms with van der Waals surface area (Å²) in [4.78, 5) is 103. The number of rotatable bonds is 5. The molecular weight excluding hydrogens is 556 g/mol. The molecule has 1 N–H and O–H groups in total. The summed E-state index contributed by atoms with van der Waals surface area (Å²) < 4.78 is 0. The molecule has 16 heteroatoms. The number of fused-ring (bicyclic) bond motifs is 2. The van der Waals surface area contributed by atoms with E-state index in [-0.39, 0.29) is 60.3 Å². The molecule has 6 amide bonds. The van der Waals surface area contributed by atoms with Crippen LogP contribution in [0.1, 0.15) is 42.7 Å². The molecule has 2 aromatic carbocycles. The van der Waals surface area contributed by atoms with Gasteiger partial charge in [0.1, 0.15) is 6.04 Å². The van der Waals surface area contributed by atoms with E-state index >= 15 is 0 Å². The van der Waals surface area contributed by atoms with Crippen LogP contribution < -0.4 is 10.2 Å². The molecular formula is C26H20N6O10. The molecule has 0 radical (unpaired) electrons. The molecule has 3 atom stereocenters. The van der Waals surface area contributed by atoms with Crippen molar-refractivity contribution in [2.24, 2.45) is 5.92 Å². The Morgan fingerprint density at radius 2 is 1.38 bits per heavy atom. The van der Waals surface area contributed by atoms with Gasteiger partial charge in [-0.15, -0.1) is 0 Å². The lowest BCUT2D eigenvalue weighted by Crippen LogP contribution is -2.65. The van der Waals surface area contributed by atoms with Crippen molar-refractivity contribution in [3.05, 3.63) is 67.8 Å². The number of piperidine rings is 2. The maximum atomic E-state index is 13.8. The second-order valence-corrected chi connectivity index (χ2v) is 10.2. The normalized spacial score (nSPS) is 23.7. The number of hydrazine groups is 1. The minimum atomic E-state index is -1.36. The Bertz CT molecular complexity index is 1670. The van der Waals surface area contributed by atoms with E-state index in [0.717, 1.165) is 4.90 Å². The van der Waals surface area contributed by atoms with Crippen molar-refractivity contribution in [3.8, 4) is 0 Å². The number of nitrogens with one attached hydrogen (secondary N) is 1. The van der Waals surface area contributed by atoms with Crippen LogP contribution in [0, 0.1) is 26.1 Å². The number of amides is 6. The van der Waals surface area contributed by atoms with E-state index in [1.165, 1.54) is 36.4 Å². The molecule has 4 aliphatic rings. The van der Waals surface area contributed by atoms with Gasteiger partial charge in [0.15, 0.2) is 0 Å². The van der Waals surface area contributed by atoms with Crippen molar-refractivity contribution in [2.75, 3.05) is 10.2 Å². The highest BCUT2D eigenvalue weighted by molar-refractivity contribution is 6.14. The Balaban J connectivity index is 1.35. The van der Waals surface area contributed by atoms with Crippen molar-refractivity contribution in [1.29, 1.82) is 0 Å². The fourth-order valence-corrected chi connectivity index (χ4v) is 6.24. The summed E-state index contributed by atoms with van der Waals surface area (Å²) in [7, 11) is 0. The van der Waals surface area contributed by atoms with Crippen molar-refractivity contribution in [3.63, 3.8) is 0 Å². The molecule has 4 aliphatic heterocycles. The third kappa shape index (κ3) is 3.82. The van der Waals surface area contributed by atoms with Crippen LogP contribution in [0.4, 0.5) is 22.7 Å². The second kappa shape index (κ2) is 9.53. The number of nitrogens with zero attached hydrogens (tertiary/aromatic N) is 5. The van der Waals surface area contributed by atoms with Crippen LogP contribution in [0.2, 0.25) is 0 Å². The molecule has 2 fully saturated rings. The molecule has 4 heterocycles. The molecule has 0 spiro atoms.